The summed E-state index contributed by atoms with van der Waals surface area (Å²) in [5.74, 6) is -0.679. The summed E-state index contributed by atoms with van der Waals surface area (Å²) in [5, 5.41) is 5.20. The summed E-state index contributed by atoms with van der Waals surface area (Å²) in [4.78, 5) is 44.6. The monoisotopic (exact) mass is 290 g/mol. The van der Waals surface area contributed by atoms with E-state index in [0.29, 0.717) is 5.82 Å². The van der Waals surface area contributed by atoms with Crippen molar-refractivity contribution in [2.45, 2.75) is 12.8 Å². The lowest BCUT2D eigenvalue weighted by atomic mass is 10.3. The number of amides is 3. The normalized spacial score (nSPS) is 15.1. The molecule has 0 aromatic carbocycles. The Morgan fingerprint density at radius 3 is 2.80 bits per heavy atom. The van der Waals surface area contributed by atoms with Gasteiger partial charge in [-0.25, -0.2) is 9.97 Å². The van der Waals surface area contributed by atoms with Gasteiger partial charge in [0.2, 0.25) is 17.7 Å². The molecular weight excluding hydrogens is 280 g/mol. The third-order valence-corrected chi connectivity index (χ3v) is 3.80. The fourth-order valence-corrected chi connectivity index (χ4v) is 2.74. The Bertz CT molecular complexity index is 696. The molecule has 2 aromatic heterocycles. The lowest BCUT2D eigenvalue weighted by Gasteiger charge is -2.13. The minimum Gasteiger partial charge on any atom is -0.308 e. The average Bonchev–Trinajstić information content (AvgIpc) is 3.01. The molecular formula is C12H10N4O3S. The number of carbonyl (C=O) groups excluding carboxylic acids is 3. The van der Waals surface area contributed by atoms with Gasteiger partial charge < -0.3 is 5.32 Å². The maximum atomic E-state index is 11.9. The highest BCUT2D eigenvalue weighted by atomic mass is 32.1. The smallest absolute Gasteiger partial charge is 0.245 e. The largest absolute Gasteiger partial charge is 0.308 e. The molecule has 7 nitrogen and oxygen atoms in total. The van der Waals surface area contributed by atoms with E-state index in [-0.39, 0.29) is 31.2 Å². The first-order valence-corrected chi connectivity index (χ1v) is 6.84. The summed E-state index contributed by atoms with van der Waals surface area (Å²) < 4.78 is 0. The molecule has 3 heterocycles. The first kappa shape index (κ1) is 12.7. The maximum Gasteiger partial charge on any atom is 0.245 e. The molecule has 3 rings (SSSR count). The number of thiophene rings is 1. The van der Waals surface area contributed by atoms with Gasteiger partial charge in [-0.05, 0) is 11.4 Å². The van der Waals surface area contributed by atoms with Gasteiger partial charge in [-0.2, -0.15) is 0 Å². The van der Waals surface area contributed by atoms with Crippen LogP contribution in [0, 0.1) is 0 Å². The standard InChI is InChI=1S/C12H10N4O3S/c17-8(5-16-9(18)1-2-10(16)19)15-11-7-3-4-20-12(7)14-6-13-11/h3-4,6H,1-2,5H2,(H,13,14,15,17). The van der Waals surface area contributed by atoms with Crippen LogP contribution in [0.4, 0.5) is 5.82 Å². The Balaban J connectivity index is 1.74. The summed E-state index contributed by atoms with van der Waals surface area (Å²) in [5.41, 5.74) is 0. The predicted molar refractivity (Wildman–Crippen MR) is 72.0 cm³/mol. The Kier molecular flexibility index (Phi) is 3.15. The average molecular weight is 290 g/mol. The number of imide groups is 1. The third kappa shape index (κ3) is 2.25. The van der Waals surface area contributed by atoms with E-state index >= 15 is 0 Å². The van der Waals surface area contributed by atoms with E-state index in [4.69, 9.17) is 0 Å². The Hall–Kier alpha value is -2.35. The molecule has 1 N–H and O–H groups in total. The Labute approximate surface area is 117 Å². The molecule has 3 amide bonds. The number of nitrogens with zero attached hydrogens (tertiary/aromatic N) is 3. The number of carbonyl (C=O) groups is 3. The number of rotatable bonds is 3. The van der Waals surface area contributed by atoms with Gasteiger partial charge in [0.05, 0.1) is 5.39 Å². The molecule has 1 aliphatic heterocycles. The second-order valence-electron chi connectivity index (χ2n) is 4.28. The van der Waals surface area contributed by atoms with Crippen molar-refractivity contribution < 1.29 is 14.4 Å². The van der Waals surface area contributed by atoms with E-state index in [1.165, 1.54) is 17.7 Å². The topological polar surface area (TPSA) is 92.3 Å². The van der Waals surface area contributed by atoms with Crippen LogP contribution in [0.1, 0.15) is 12.8 Å². The fourth-order valence-electron chi connectivity index (χ4n) is 2.00. The molecule has 2 aromatic rings. The summed E-state index contributed by atoms with van der Waals surface area (Å²) in [7, 11) is 0. The zero-order chi connectivity index (χ0) is 14.1. The zero-order valence-electron chi connectivity index (χ0n) is 10.3. The van der Waals surface area contributed by atoms with Gasteiger partial charge in [0.15, 0.2) is 0 Å². The summed E-state index contributed by atoms with van der Waals surface area (Å²) in [6.07, 6.45) is 1.71. The molecule has 0 saturated carbocycles. The van der Waals surface area contributed by atoms with Gasteiger partial charge in [-0.1, -0.05) is 0 Å². The Morgan fingerprint density at radius 1 is 1.30 bits per heavy atom. The number of fused-ring (bicyclic) bond motifs is 1. The van der Waals surface area contributed by atoms with Gasteiger partial charge >= 0.3 is 0 Å². The van der Waals surface area contributed by atoms with Gasteiger partial charge in [0.25, 0.3) is 0 Å². The second-order valence-corrected chi connectivity index (χ2v) is 5.18. The molecule has 0 atom stereocenters. The third-order valence-electron chi connectivity index (χ3n) is 2.98. The maximum absolute atomic E-state index is 11.9. The predicted octanol–water partition coefficient (Wildman–Crippen LogP) is 0.779. The highest BCUT2D eigenvalue weighted by molar-refractivity contribution is 7.16. The quantitative estimate of drug-likeness (QED) is 0.843. The molecule has 102 valence electrons. The lowest BCUT2D eigenvalue weighted by molar-refractivity contribution is -0.141. The number of hydrogen-bond acceptors (Lipinski definition) is 6. The number of likely N-dealkylation sites (tertiary alicyclic amines) is 1. The second kappa shape index (κ2) is 4.97. The van der Waals surface area contributed by atoms with Crippen molar-refractivity contribution in [2.24, 2.45) is 0 Å². The van der Waals surface area contributed by atoms with E-state index in [2.05, 4.69) is 15.3 Å². The Morgan fingerprint density at radius 2 is 2.05 bits per heavy atom. The molecule has 0 spiro atoms. The molecule has 1 aliphatic rings. The number of hydrogen-bond donors (Lipinski definition) is 1. The minimum atomic E-state index is -0.445. The van der Waals surface area contributed by atoms with Gasteiger partial charge in [-0.15, -0.1) is 11.3 Å². The van der Waals surface area contributed by atoms with Crippen LogP contribution in [0.2, 0.25) is 0 Å². The first-order valence-electron chi connectivity index (χ1n) is 5.96. The summed E-state index contributed by atoms with van der Waals surface area (Å²) in [6.45, 7) is -0.271. The minimum absolute atomic E-state index is 0.175. The molecule has 8 heteroatoms. The van der Waals surface area contributed by atoms with Gasteiger partial charge in [0.1, 0.15) is 23.5 Å². The van der Waals surface area contributed by atoms with Crippen LogP contribution < -0.4 is 5.32 Å². The van der Waals surface area contributed by atoms with Crippen molar-refractivity contribution in [3.05, 3.63) is 17.8 Å². The molecule has 20 heavy (non-hydrogen) atoms. The highest BCUT2D eigenvalue weighted by Gasteiger charge is 2.30. The SMILES string of the molecule is O=C(CN1C(=O)CCC1=O)Nc1ncnc2sccc12. The van der Waals surface area contributed by atoms with Crippen LogP contribution in [0.25, 0.3) is 10.2 Å². The molecule has 1 saturated heterocycles. The number of aromatic nitrogens is 2. The van der Waals surface area contributed by atoms with Crippen molar-refractivity contribution in [2.75, 3.05) is 11.9 Å². The summed E-state index contributed by atoms with van der Waals surface area (Å²) in [6, 6.07) is 1.81. The summed E-state index contributed by atoms with van der Waals surface area (Å²) >= 11 is 1.44. The number of nitrogens with one attached hydrogen (secondary N) is 1. The van der Waals surface area contributed by atoms with Crippen LogP contribution in [0.15, 0.2) is 17.8 Å². The van der Waals surface area contributed by atoms with Crippen LogP contribution in [-0.2, 0) is 14.4 Å². The highest BCUT2D eigenvalue weighted by Crippen LogP contribution is 2.23. The van der Waals surface area contributed by atoms with Crippen LogP contribution in [0.3, 0.4) is 0 Å². The van der Waals surface area contributed by atoms with Gasteiger partial charge in [0, 0.05) is 12.8 Å². The van der Waals surface area contributed by atoms with Crippen LogP contribution in [0.5, 0.6) is 0 Å². The van der Waals surface area contributed by atoms with Crippen molar-refractivity contribution in [1.29, 1.82) is 0 Å². The zero-order valence-corrected chi connectivity index (χ0v) is 11.1. The van der Waals surface area contributed by atoms with Crippen molar-refractivity contribution in [3.63, 3.8) is 0 Å². The van der Waals surface area contributed by atoms with Crippen LogP contribution in [-0.4, -0.2) is 39.1 Å². The molecule has 0 unspecified atom stereocenters. The number of anilines is 1. The van der Waals surface area contributed by atoms with Crippen LogP contribution >= 0.6 is 11.3 Å². The van der Waals surface area contributed by atoms with E-state index in [0.717, 1.165) is 15.1 Å². The van der Waals surface area contributed by atoms with Crippen molar-refractivity contribution in [3.8, 4) is 0 Å². The van der Waals surface area contributed by atoms with E-state index in [1.807, 2.05) is 11.4 Å². The molecule has 0 aliphatic carbocycles. The lowest BCUT2D eigenvalue weighted by Crippen LogP contribution is -2.37. The van der Waals surface area contributed by atoms with Crippen molar-refractivity contribution in [1.82, 2.24) is 14.9 Å². The molecule has 0 bridgehead atoms. The fraction of sp³-hybridized carbons (Fsp3) is 0.250. The van der Waals surface area contributed by atoms with Gasteiger partial charge in [-0.3, -0.25) is 19.3 Å². The van der Waals surface area contributed by atoms with E-state index < -0.39 is 5.91 Å². The van der Waals surface area contributed by atoms with E-state index in [9.17, 15) is 14.4 Å². The molecule has 1 fully saturated rings. The first-order chi connectivity index (χ1) is 9.65. The molecule has 0 radical (unpaired) electrons. The van der Waals surface area contributed by atoms with Crippen molar-refractivity contribution >= 4 is 45.1 Å². The van der Waals surface area contributed by atoms with E-state index in [1.54, 1.807) is 0 Å².